The summed E-state index contributed by atoms with van der Waals surface area (Å²) in [5, 5.41) is 3.44. The van der Waals surface area contributed by atoms with Gasteiger partial charge in [-0.3, -0.25) is 0 Å². The molecule has 1 aromatic rings. The zero-order valence-electron chi connectivity index (χ0n) is 12.2. The Bertz CT molecular complexity index is 420. The summed E-state index contributed by atoms with van der Waals surface area (Å²) >= 11 is 0. The van der Waals surface area contributed by atoms with Gasteiger partial charge in [-0.15, -0.1) is 0 Å². The van der Waals surface area contributed by atoms with E-state index in [1.807, 2.05) is 7.05 Å². The largest absolute Gasteiger partial charge is 0.490 e. The lowest BCUT2D eigenvalue weighted by atomic mass is 9.85. The number of benzene rings is 1. The molecule has 0 radical (unpaired) electrons. The summed E-state index contributed by atoms with van der Waals surface area (Å²) in [6.07, 6.45) is 2.50. The van der Waals surface area contributed by atoms with Crippen LogP contribution in [0.15, 0.2) is 18.2 Å². The molecular weight excluding hydrogens is 222 g/mol. The van der Waals surface area contributed by atoms with E-state index in [1.165, 1.54) is 11.1 Å². The molecule has 0 spiro atoms. The van der Waals surface area contributed by atoms with Crippen molar-refractivity contribution in [1.29, 1.82) is 0 Å². The normalized spacial score (nSPS) is 20.4. The monoisotopic (exact) mass is 247 g/mol. The highest BCUT2D eigenvalue weighted by atomic mass is 16.5. The Morgan fingerprint density at radius 2 is 2.11 bits per heavy atom. The first kappa shape index (κ1) is 13.4. The van der Waals surface area contributed by atoms with Gasteiger partial charge in [-0.1, -0.05) is 32.9 Å². The molecule has 0 aliphatic carbocycles. The van der Waals surface area contributed by atoms with E-state index in [1.54, 1.807) is 0 Å². The molecule has 0 fully saturated rings. The standard InChI is InChI=1S/C16H25NO/c1-11-8-13-9-12(6-7-15(13)18-11)14(17-5)10-16(2,3)4/h6-7,9,11,14,17H,8,10H2,1-5H3. The Balaban J connectivity index is 2.20. The second kappa shape index (κ2) is 4.93. The summed E-state index contributed by atoms with van der Waals surface area (Å²) in [4.78, 5) is 0. The van der Waals surface area contributed by atoms with E-state index >= 15 is 0 Å². The van der Waals surface area contributed by atoms with E-state index in [2.05, 4.69) is 51.2 Å². The molecule has 2 unspecified atom stereocenters. The van der Waals surface area contributed by atoms with Crippen LogP contribution in [0.2, 0.25) is 0 Å². The molecule has 0 saturated heterocycles. The van der Waals surface area contributed by atoms with Crippen molar-refractivity contribution in [2.45, 2.75) is 52.7 Å². The fourth-order valence-electron chi connectivity index (χ4n) is 2.66. The topological polar surface area (TPSA) is 21.3 Å². The predicted octanol–water partition coefficient (Wildman–Crippen LogP) is 3.71. The first-order chi connectivity index (χ1) is 8.39. The molecule has 0 amide bonds. The smallest absolute Gasteiger partial charge is 0.123 e. The van der Waals surface area contributed by atoms with Crippen molar-refractivity contribution in [2.75, 3.05) is 7.05 Å². The summed E-state index contributed by atoms with van der Waals surface area (Å²) in [7, 11) is 2.04. The van der Waals surface area contributed by atoms with E-state index in [-0.39, 0.29) is 0 Å². The third kappa shape index (κ3) is 3.05. The fraction of sp³-hybridized carbons (Fsp3) is 0.625. The van der Waals surface area contributed by atoms with Crippen LogP contribution in [0.5, 0.6) is 5.75 Å². The van der Waals surface area contributed by atoms with E-state index in [9.17, 15) is 0 Å². The Labute approximate surface area is 111 Å². The van der Waals surface area contributed by atoms with Crippen LogP contribution < -0.4 is 10.1 Å². The minimum absolute atomic E-state index is 0.325. The van der Waals surface area contributed by atoms with Crippen molar-refractivity contribution < 1.29 is 4.74 Å². The SMILES string of the molecule is CNC(CC(C)(C)C)c1ccc2c(c1)CC(C)O2. The molecule has 2 rings (SSSR count). The van der Waals surface area contributed by atoms with Gasteiger partial charge in [0.15, 0.2) is 0 Å². The van der Waals surface area contributed by atoms with Gasteiger partial charge in [0.1, 0.15) is 11.9 Å². The number of hydrogen-bond acceptors (Lipinski definition) is 2. The summed E-state index contributed by atoms with van der Waals surface area (Å²) in [6, 6.07) is 7.06. The third-order valence-electron chi connectivity index (χ3n) is 3.49. The molecule has 2 nitrogen and oxygen atoms in total. The van der Waals surface area contributed by atoms with Gasteiger partial charge in [-0.25, -0.2) is 0 Å². The molecule has 1 aliphatic rings. The summed E-state index contributed by atoms with van der Waals surface area (Å²) in [6.45, 7) is 8.99. The van der Waals surface area contributed by atoms with Crippen molar-refractivity contribution in [3.63, 3.8) is 0 Å². The molecule has 1 aliphatic heterocycles. The summed E-state index contributed by atoms with van der Waals surface area (Å²) in [5.74, 6) is 1.07. The van der Waals surface area contributed by atoms with Crippen LogP contribution in [-0.2, 0) is 6.42 Å². The number of rotatable bonds is 3. The maximum Gasteiger partial charge on any atom is 0.123 e. The first-order valence-corrected chi connectivity index (χ1v) is 6.86. The maximum atomic E-state index is 5.76. The third-order valence-corrected chi connectivity index (χ3v) is 3.49. The van der Waals surface area contributed by atoms with Crippen LogP contribution in [0, 0.1) is 5.41 Å². The molecule has 2 atom stereocenters. The fourth-order valence-corrected chi connectivity index (χ4v) is 2.66. The van der Waals surface area contributed by atoms with Crippen molar-refractivity contribution in [3.8, 4) is 5.75 Å². The second-order valence-electron chi connectivity index (χ2n) is 6.61. The van der Waals surface area contributed by atoms with Crippen LogP contribution in [0.1, 0.15) is 51.3 Å². The van der Waals surface area contributed by atoms with Gasteiger partial charge in [0.05, 0.1) is 0 Å². The Kier molecular flexibility index (Phi) is 3.67. The zero-order valence-corrected chi connectivity index (χ0v) is 12.2. The second-order valence-corrected chi connectivity index (χ2v) is 6.61. The number of nitrogens with one attached hydrogen (secondary N) is 1. The number of fused-ring (bicyclic) bond motifs is 1. The van der Waals surface area contributed by atoms with Gasteiger partial charge in [-0.05, 0) is 43.0 Å². The quantitative estimate of drug-likeness (QED) is 0.879. The minimum atomic E-state index is 0.325. The molecule has 0 aromatic heterocycles. The first-order valence-electron chi connectivity index (χ1n) is 6.86. The van der Waals surface area contributed by atoms with Crippen LogP contribution in [0.3, 0.4) is 0 Å². The predicted molar refractivity (Wildman–Crippen MR) is 76.1 cm³/mol. The van der Waals surface area contributed by atoms with Gasteiger partial charge in [0.25, 0.3) is 0 Å². The van der Waals surface area contributed by atoms with E-state index in [0.29, 0.717) is 17.6 Å². The van der Waals surface area contributed by atoms with Gasteiger partial charge >= 0.3 is 0 Å². The Morgan fingerprint density at radius 3 is 2.72 bits per heavy atom. The van der Waals surface area contributed by atoms with Crippen molar-refractivity contribution in [1.82, 2.24) is 5.32 Å². The summed E-state index contributed by atoms with van der Waals surface area (Å²) < 4.78 is 5.76. The van der Waals surface area contributed by atoms with E-state index in [0.717, 1.165) is 18.6 Å². The molecule has 1 N–H and O–H groups in total. The number of hydrogen-bond donors (Lipinski definition) is 1. The maximum absolute atomic E-state index is 5.76. The van der Waals surface area contributed by atoms with Gasteiger partial charge < -0.3 is 10.1 Å². The Morgan fingerprint density at radius 1 is 1.39 bits per heavy atom. The molecule has 100 valence electrons. The van der Waals surface area contributed by atoms with Crippen LogP contribution in [0.25, 0.3) is 0 Å². The zero-order chi connectivity index (χ0) is 13.3. The molecule has 0 bridgehead atoms. The molecular formula is C16H25NO. The minimum Gasteiger partial charge on any atom is -0.490 e. The highest BCUT2D eigenvalue weighted by molar-refractivity contribution is 5.41. The van der Waals surface area contributed by atoms with Crippen molar-refractivity contribution in [2.24, 2.45) is 5.41 Å². The highest BCUT2D eigenvalue weighted by Gasteiger charge is 2.23. The van der Waals surface area contributed by atoms with Gasteiger partial charge in [0, 0.05) is 12.5 Å². The van der Waals surface area contributed by atoms with E-state index in [4.69, 9.17) is 4.74 Å². The lowest BCUT2D eigenvalue weighted by Crippen LogP contribution is -2.22. The molecule has 18 heavy (non-hydrogen) atoms. The highest BCUT2D eigenvalue weighted by Crippen LogP contribution is 2.34. The molecule has 2 heteroatoms. The van der Waals surface area contributed by atoms with Crippen LogP contribution in [-0.4, -0.2) is 13.2 Å². The average Bonchev–Trinajstić information content (AvgIpc) is 2.63. The van der Waals surface area contributed by atoms with Crippen LogP contribution >= 0.6 is 0 Å². The molecule has 1 aromatic carbocycles. The van der Waals surface area contributed by atoms with E-state index < -0.39 is 0 Å². The Hall–Kier alpha value is -1.02. The summed E-state index contributed by atoms with van der Waals surface area (Å²) in [5.41, 5.74) is 3.06. The van der Waals surface area contributed by atoms with Crippen molar-refractivity contribution >= 4 is 0 Å². The van der Waals surface area contributed by atoms with Crippen molar-refractivity contribution in [3.05, 3.63) is 29.3 Å². The average molecular weight is 247 g/mol. The van der Waals surface area contributed by atoms with Gasteiger partial charge in [-0.2, -0.15) is 0 Å². The lowest BCUT2D eigenvalue weighted by Gasteiger charge is -2.26. The lowest BCUT2D eigenvalue weighted by molar-refractivity contribution is 0.254. The molecule has 1 heterocycles. The van der Waals surface area contributed by atoms with Crippen LogP contribution in [0.4, 0.5) is 0 Å². The van der Waals surface area contributed by atoms with Gasteiger partial charge in [0.2, 0.25) is 0 Å². The number of ether oxygens (including phenoxy) is 1. The molecule has 0 saturated carbocycles.